The summed E-state index contributed by atoms with van der Waals surface area (Å²) in [5, 5.41) is 0. The van der Waals surface area contributed by atoms with Crippen molar-refractivity contribution in [2.24, 2.45) is 0 Å². The normalized spacial score (nSPS) is 13.2. The number of fused-ring (bicyclic) bond motifs is 1. The van der Waals surface area contributed by atoms with Crippen LogP contribution in [-0.2, 0) is 0 Å². The van der Waals surface area contributed by atoms with Crippen LogP contribution in [0.5, 0.6) is 0 Å². The van der Waals surface area contributed by atoms with E-state index in [1.165, 1.54) is 28.3 Å². The van der Waals surface area contributed by atoms with Crippen LogP contribution in [-0.4, -0.2) is 31.6 Å². The van der Waals surface area contributed by atoms with Gasteiger partial charge in [-0.3, -0.25) is 4.90 Å². The van der Waals surface area contributed by atoms with Gasteiger partial charge in [-0.25, -0.2) is 0 Å². The van der Waals surface area contributed by atoms with Gasteiger partial charge in [0.05, 0.1) is 16.9 Å². The molecule has 1 heterocycles. The van der Waals surface area contributed by atoms with Gasteiger partial charge in [0.1, 0.15) is 0 Å². The third-order valence-corrected chi connectivity index (χ3v) is 4.54. The molecule has 0 fully saturated rings. The van der Waals surface area contributed by atoms with Gasteiger partial charge in [0, 0.05) is 31.9 Å². The van der Waals surface area contributed by atoms with Gasteiger partial charge in [0.25, 0.3) is 0 Å². The first kappa shape index (κ1) is 15.5. The summed E-state index contributed by atoms with van der Waals surface area (Å²) in [5.74, 6) is 0. The van der Waals surface area contributed by atoms with Crippen LogP contribution in [0, 0.1) is 0 Å². The van der Waals surface area contributed by atoms with E-state index in [0.29, 0.717) is 0 Å². The number of para-hydroxylation sites is 3. The Hall–Kier alpha value is -3.07. The van der Waals surface area contributed by atoms with Crippen LogP contribution in [0.2, 0.25) is 0 Å². The number of hydrogen-bond acceptors (Lipinski definition) is 2. The fraction of sp³-hybridized carbons (Fsp3) is 0.136. The highest BCUT2D eigenvalue weighted by Gasteiger charge is 2.28. The highest BCUT2D eigenvalue weighted by atomic mass is 15.3. The zero-order valence-corrected chi connectivity index (χ0v) is 14.6. The highest BCUT2D eigenvalue weighted by molar-refractivity contribution is 5.95. The third kappa shape index (κ3) is 2.89. The molecule has 0 aromatic heterocycles. The molecule has 0 saturated carbocycles. The van der Waals surface area contributed by atoms with Crippen molar-refractivity contribution >= 4 is 29.0 Å². The predicted octanol–water partition coefficient (Wildman–Crippen LogP) is 4.62. The molecule has 0 atom stereocenters. The summed E-state index contributed by atoms with van der Waals surface area (Å²) in [7, 11) is 4.20. The summed E-state index contributed by atoms with van der Waals surface area (Å²) in [5.41, 5.74) is 6.11. The molecule has 0 N–H and O–H groups in total. The second kappa shape index (κ2) is 6.44. The minimum absolute atomic E-state index is 0.784. The van der Waals surface area contributed by atoms with E-state index in [4.69, 9.17) is 0 Å². The van der Waals surface area contributed by atoms with Gasteiger partial charge < -0.3 is 4.90 Å². The molecule has 0 bridgehead atoms. The van der Waals surface area contributed by atoms with E-state index in [9.17, 15) is 0 Å². The van der Waals surface area contributed by atoms with Crippen LogP contribution in [0.25, 0.3) is 0 Å². The Labute approximate surface area is 149 Å². The van der Waals surface area contributed by atoms with E-state index >= 15 is 0 Å². The van der Waals surface area contributed by atoms with Crippen molar-refractivity contribution in [3.63, 3.8) is 0 Å². The maximum atomic E-state index is 2.39. The first-order valence-corrected chi connectivity index (χ1v) is 8.53. The van der Waals surface area contributed by atoms with Crippen LogP contribution in [0.15, 0.2) is 78.9 Å². The summed E-state index contributed by atoms with van der Waals surface area (Å²) in [6, 6.07) is 27.6. The molecule has 3 nitrogen and oxygen atoms in total. The van der Waals surface area contributed by atoms with Gasteiger partial charge in [-0.1, -0.05) is 42.5 Å². The number of nitrogens with zero attached hydrogens (tertiary/aromatic N) is 3. The van der Waals surface area contributed by atoms with Gasteiger partial charge in [0.2, 0.25) is 12.4 Å². The van der Waals surface area contributed by atoms with E-state index < -0.39 is 0 Å². The van der Waals surface area contributed by atoms with Crippen molar-refractivity contribution < 1.29 is 4.58 Å². The van der Waals surface area contributed by atoms with Crippen LogP contribution in [0.4, 0.5) is 22.7 Å². The summed E-state index contributed by atoms with van der Waals surface area (Å²) < 4.78 is 2.30. The molecular formula is C22H22N3+. The van der Waals surface area contributed by atoms with Gasteiger partial charge in [-0.2, -0.15) is 4.58 Å². The molecule has 1 aliphatic heterocycles. The van der Waals surface area contributed by atoms with Crippen molar-refractivity contribution in [2.75, 3.05) is 30.6 Å². The van der Waals surface area contributed by atoms with Crippen molar-refractivity contribution in [1.29, 1.82) is 0 Å². The molecule has 4 rings (SSSR count). The number of anilines is 3. The van der Waals surface area contributed by atoms with Crippen LogP contribution >= 0.6 is 0 Å². The molecular weight excluding hydrogens is 306 g/mol. The Morgan fingerprint density at radius 2 is 1.48 bits per heavy atom. The monoisotopic (exact) mass is 328 g/mol. The Balaban J connectivity index is 1.91. The Bertz CT molecular complexity index is 899. The predicted molar refractivity (Wildman–Crippen MR) is 106 cm³/mol. The summed E-state index contributed by atoms with van der Waals surface area (Å²) in [6.45, 7) is 0.784. The van der Waals surface area contributed by atoms with E-state index in [1.54, 1.807) is 0 Å². The molecule has 124 valence electrons. The Morgan fingerprint density at radius 3 is 2.16 bits per heavy atom. The fourth-order valence-corrected chi connectivity index (χ4v) is 3.33. The molecule has 0 aliphatic carbocycles. The minimum atomic E-state index is 0.784. The quantitative estimate of drug-likeness (QED) is 0.649. The van der Waals surface area contributed by atoms with E-state index in [0.717, 1.165) is 6.67 Å². The summed E-state index contributed by atoms with van der Waals surface area (Å²) in [4.78, 5) is 4.57. The average molecular weight is 328 g/mol. The van der Waals surface area contributed by atoms with Crippen LogP contribution in [0.1, 0.15) is 5.56 Å². The fourth-order valence-electron chi connectivity index (χ4n) is 3.33. The lowest BCUT2D eigenvalue weighted by Crippen LogP contribution is -2.33. The third-order valence-electron chi connectivity index (χ3n) is 4.54. The summed E-state index contributed by atoms with van der Waals surface area (Å²) >= 11 is 0. The first-order valence-electron chi connectivity index (χ1n) is 8.53. The standard InChI is InChI=1S/C22H22N3/c1-23(2)21-15-9-10-18-16-24(19-11-5-3-6-12-19)17-25(22(18)21)20-13-7-4-8-14-20/h3-16H,17H2,1-2H3/q+1. The SMILES string of the molecule is CN(C)c1cccc2c1N(c1ccccc1)C[N+](c1ccccc1)=C2. The van der Waals surface area contributed by atoms with Crippen molar-refractivity contribution in [2.45, 2.75) is 0 Å². The van der Waals surface area contributed by atoms with E-state index in [2.05, 4.69) is 114 Å². The second-order valence-electron chi connectivity index (χ2n) is 6.45. The molecule has 25 heavy (non-hydrogen) atoms. The van der Waals surface area contributed by atoms with Crippen molar-refractivity contribution in [1.82, 2.24) is 0 Å². The molecule has 3 aromatic rings. The topological polar surface area (TPSA) is 9.49 Å². The van der Waals surface area contributed by atoms with Crippen molar-refractivity contribution in [3.05, 3.63) is 84.4 Å². The largest absolute Gasteiger partial charge is 0.376 e. The Morgan fingerprint density at radius 1 is 0.800 bits per heavy atom. The molecule has 0 unspecified atom stereocenters. The number of rotatable bonds is 3. The molecule has 0 amide bonds. The first-order chi connectivity index (χ1) is 12.2. The zero-order valence-electron chi connectivity index (χ0n) is 14.6. The second-order valence-corrected chi connectivity index (χ2v) is 6.45. The van der Waals surface area contributed by atoms with Gasteiger partial charge in [0.15, 0.2) is 6.21 Å². The molecule has 3 aromatic carbocycles. The van der Waals surface area contributed by atoms with E-state index in [-0.39, 0.29) is 0 Å². The maximum Gasteiger partial charge on any atom is 0.228 e. The molecule has 0 radical (unpaired) electrons. The lowest BCUT2D eigenvalue weighted by atomic mass is 10.1. The molecule has 1 aliphatic rings. The average Bonchev–Trinajstić information content (AvgIpc) is 2.68. The maximum absolute atomic E-state index is 2.39. The van der Waals surface area contributed by atoms with E-state index in [1.807, 2.05) is 0 Å². The molecule has 3 heteroatoms. The Kier molecular flexibility index (Phi) is 3.98. The highest BCUT2D eigenvalue weighted by Crippen LogP contribution is 2.38. The molecule has 0 saturated heterocycles. The smallest absolute Gasteiger partial charge is 0.228 e. The number of hydrogen-bond donors (Lipinski definition) is 0. The van der Waals surface area contributed by atoms with Crippen LogP contribution in [0.3, 0.4) is 0 Å². The van der Waals surface area contributed by atoms with Crippen LogP contribution < -0.4 is 9.80 Å². The van der Waals surface area contributed by atoms with Gasteiger partial charge in [-0.15, -0.1) is 0 Å². The summed E-state index contributed by atoms with van der Waals surface area (Å²) in [6.07, 6.45) is 2.25. The van der Waals surface area contributed by atoms with Gasteiger partial charge in [-0.05, 0) is 24.3 Å². The number of benzene rings is 3. The lowest BCUT2D eigenvalue weighted by molar-refractivity contribution is -0.434. The van der Waals surface area contributed by atoms with Crippen molar-refractivity contribution in [3.8, 4) is 0 Å². The van der Waals surface area contributed by atoms with Gasteiger partial charge >= 0.3 is 0 Å². The minimum Gasteiger partial charge on any atom is -0.376 e. The lowest BCUT2D eigenvalue weighted by Gasteiger charge is -2.31. The zero-order chi connectivity index (χ0) is 17.2. The molecule has 0 spiro atoms.